The molecule has 1 aliphatic carbocycles. The molecule has 0 radical (unpaired) electrons. The highest BCUT2D eigenvalue weighted by Crippen LogP contribution is 2.41. The Hall–Kier alpha value is -1.43. The number of nitrogens with one attached hydrogen (secondary N) is 1. The van der Waals surface area contributed by atoms with Crippen molar-refractivity contribution in [3.05, 3.63) is 16.1 Å². The summed E-state index contributed by atoms with van der Waals surface area (Å²) in [4.78, 5) is 26.6. The molecule has 17 heavy (non-hydrogen) atoms. The minimum Gasteiger partial charge on any atom is -0.464 e. The lowest BCUT2D eigenvalue weighted by atomic mass is 10.2. The van der Waals surface area contributed by atoms with Crippen molar-refractivity contribution in [1.29, 1.82) is 0 Å². The third-order valence-electron chi connectivity index (χ3n) is 2.63. The molecule has 1 aromatic heterocycles. The first-order chi connectivity index (χ1) is 8.11. The Bertz CT molecular complexity index is 440. The molecule has 0 spiro atoms. The molecule has 1 fully saturated rings. The Labute approximate surface area is 103 Å². The number of ether oxygens (including phenoxy) is 1. The van der Waals surface area contributed by atoms with Crippen molar-refractivity contribution in [2.45, 2.75) is 25.8 Å². The summed E-state index contributed by atoms with van der Waals surface area (Å²) in [6.45, 7) is 1.49. The number of amides is 1. The van der Waals surface area contributed by atoms with E-state index in [0.717, 1.165) is 17.8 Å². The Morgan fingerprint density at radius 3 is 2.82 bits per heavy atom. The van der Waals surface area contributed by atoms with E-state index < -0.39 is 5.97 Å². The van der Waals surface area contributed by atoms with Gasteiger partial charge in [0.05, 0.1) is 13.2 Å². The normalized spacial score (nSPS) is 16.4. The third-order valence-corrected chi connectivity index (χ3v) is 3.56. The maximum atomic E-state index is 11.3. The molecule has 0 saturated heterocycles. The van der Waals surface area contributed by atoms with Gasteiger partial charge in [-0.2, -0.15) is 0 Å². The highest BCUT2D eigenvalue weighted by Gasteiger charge is 2.35. The van der Waals surface area contributed by atoms with Crippen LogP contribution in [0.15, 0.2) is 5.38 Å². The molecular weight excluding hydrogens is 240 g/mol. The lowest BCUT2D eigenvalue weighted by Gasteiger charge is -2.13. The third kappa shape index (κ3) is 2.82. The Kier molecular flexibility index (Phi) is 3.42. The average Bonchev–Trinajstić information content (AvgIpc) is 3.02. The first-order valence-electron chi connectivity index (χ1n) is 5.42. The molecule has 2 rings (SSSR count). The molecule has 1 aromatic rings. The van der Waals surface area contributed by atoms with Gasteiger partial charge in [-0.15, -0.1) is 11.3 Å². The number of hydrogen-bond acceptors (Lipinski definition) is 5. The van der Waals surface area contributed by atoms with Crippen LogP contribution in [0.4, 0.5) is 0 Å². The van der Waals surface area contributed by atoms with Crippen LogP contribution in [-0.2, 0) is 9.53 Å². The number of hydrogen-bond donors (Lipinski definition) is 1. The van der Waals surface area contributed by atoms with Crippen LogP contribution < -0.4 is 5.32 Å². The van der Waals surface area contributed by atoms with E-state index in [1.54, 1.807) is 5.38 Å². The van der Waals surface area contributed by atoms with Gasteiger partial charge in [0.2, 0.25) is 5.91 Å². The standard InChI is InChI=1S/C11H14N2O3S/c1-6(14)12-9(7-3-4-7)10-13-8(5-17-10)11(15)16-2/h5,7,9H,3-4H2,1-2H3,(H,12,14). The molecule has 1 amide bonds. The maximum Gasteiger partial charge on any atom is 0.357 e. The van der Waals surface area contributed by atoms with Crippen LogP contribution in [0.5, 0.6) is 0 Å². The van der Waals surface area contributed by atoms with Crippen LogP contribution in [-0.4, -0.2) is 24.0 Å². The summed E-state index contributed by atoms with van der Waals surface area (Å²) in [6, 6.07) is -0.0593. The second-order valence-corrected chi connectivity index (χ2v) is 4.97. The van der Waals surface area contributed by atoms with Crippen molar-refractivity contribution in [1.82, 2.24) is 10.3 Å². The molecule has 6 heteroatoms. The second kappa shape index (κ2) is 4.83. The van der Waals surface area contributed by atoms with Crippen molar-refractivity contribution in [3.63, 3.8) is 0 Å². The summed E-state index contributed by atoms with van der Waals surface area (Å²) < 4.78 is 4.60. The van der Waals surface area contributed by atoms with E-state index in [0.29, 0.717) is 11.6 Å². The molecule has 1 aliphatic rings. The van der Waals surface area contributed by atoms with Gasteiger partial charge in [0.1, 0.15) is 5.01 Å². The van der Waals surface area contributed by atoms with E-state index in [2.05, 4.69) is 15.0 Å². The first kappa shape index (κ1) is 12.0. The summed E-state index contributed by atoms with van der Waals surface area (Å²) in [5, 5.41) is 5.33. The van der Waals surface area contributed by atoms with Gasteiger partial charge < -0.3 is 10.1 Å². The number of esters is 1. The zero-order valence-corrected chi connectivity index (χ0v) is 10.5. The number of thiazole rings is 1. The SMILES string of the molecule is COC(=O)c1csc(C(NC(C)=O)C2CC2)n1. The molecule has 0 aromatic carbocycles. The molecule has 0 bridgehead atoms. The van der Waals surface area contributed by atoms with E-state index >= 15 is 0 Å². The van der Waals surface area contributed by atoms with Crippen molar-refractivity contribution >= 4 is 23.2 Å². The molecule has 0 aliphatic heterocycles. The summed E-state index contributed by atoms with van der Waals surface area (Å²) >= 11 is 1.38. The molecule has 5 nitrogen and oxygen atoms in total. The fourth-order valence-electron chi connectivity index (χ4n) is 1.66. The fourth-order valence-corrected chi connectivity index (χ4v) is 2.59. The molecule has 1 N–H and O–H groups in total. The highest BCUT2D eigenvalue weighted by atomic mass is 32.1. The molecule has 1 atom stereocenters. The predicted octanol–water partition coefficient (Wildman–Crippen LogP) is 1.52. The van der Waals surface area contributed by atoms with E-state index in [1.807, 2.05) is 0 Å². The van der Waals surface area contributed by atoms with Gasteiger partial charge in [0.15, 0.2) is 5.69 Å². The number of rotatable bonds is 4. The predicted molar refractivity (Wildman–Crippen MR) is 62.7 cm³/mol. The van der Waals surface area contributed by atoms with Crippen molar-refractivity contribution in [2.75, 3.05) is 7.11 Å². The molecule has 1 unspecified atom stereocenters. The van der Waals surface area contributed by atoms with Crippen LogP contribution in [0, 0.1) is 5.92 Å². The fraction of sp³-hybridized carbons (Fsp3) is 0.545. The molecule has 1 heterocycles. The average molecular weight is 254 g/mol. The van der Waals surface area contributed by atoms with Crippen molar-refractivity contribution < 1.29 is 14.3 Å². The summed E-state index contributed by atoms with van der Waals surface area (Å²) in [5.74, 6) is -0.0582. The lowest BCUT2D eigenvalue weighted by molar-refractivity contribution is -0.119. The Balaban J connectivity index is 2.15. The zero-order valence-electron chi connectivity index (χ0n) is 9.73. The van der Waals surface area contributed by atoms with Gasteiger partial charge in [0, 0.05) is 12.3 Å². The molecule has 92 valence electrons. The Morgan fingerprint density at radius 2 is 2.29 bits per heavy atom. The van der Waals surface area contributed by atoms with Gasteiger partial charge in [-0.05, 0) is 18.8 Å². The van der Waals surface area contributed by atoms with Crippen LogP contribution in [0.25, 0.3) is 0 Å². The van der Waals surface area contributed by atoms with Gasteiger partial charge in [0.25, 0.3) is 0 Å². The smallest absolute Gasteiger partial charge is 0.357 e. The number of aromatic nitrogens is 1. The lowest BCUT2D eigenvalue weighted by Crippen LogP contribution is -2.27. The second-order valence-electron chi connectivity index (χ2n) is 4.08. The summed E-state index contributed by atoms with van der Waals surface area (Å²) in [6.07, 6.45) is 2.19. The van der Waals surface area contributed by atoms with Crippen LogP contribution >= 0.6 is 11.3 Å². The van der Waals surface area contributed by atoms with Crippen molar-refractivity contribution in [2.24, 2.45) is 5.92 Å². The van der Waals surface area contributed by atoms with Crippen LogP contribution in [0.3, 0.4) is 0 Å². The van der Waals surface area contributed by atoms with Gasteiger partial charge in [-0.25, -0.2) is 9.78 Å². The topological polar surface area (TPSA) is 68.3 Å². The quantitative estimate of drug-likeness (QED) is 0.827. The van der Waals surface area contributed by atoms with E-state index in [4.69, 9.17) is 0 Å². The van der Waals surface area contributed by atoms with E-state index in [-0.39, 0.29) is 11.9 Å². The minimum absolute atomic E-state index is 0.0593. The van der Waals surface area contributed by atoms with Gasteiger partial charge >= 0.3 is 5.97 Å². The zero-order chi connectivity index (χ0) is 12.4. The van der Waals surface area contributed by atoms with E-state index in [1.165, 1.54) is 25.4 Å². The monoisotopic (exact) mass is 254 g/mol. The summed E-state index contributed by atoms with van der Waals surface area (Å²) in [7, 11) is 1.33. The first-order valence-corrected chi connectivity index (χ1v) is 6.30. The van der Waals surface area contributed by atoms with Crippen LogP contribution in [0.1, 0.15) is 41.3 Å². The van der Waals surface area contributed by atoms with Crippen LogP contribution in [0.2, 0.25) is 0 Å². The Morgan fingerprint density at radius 1 is 1.59 bits per heavy atom. The number of methoxy groups -OCH3 is 1. The van der Waals surface area contributed by atoms with Crippen molar-refractivity contribution in [3.8, 4) is 0 Å². The number of carbonyl (C=O) groups excluding carboxylic acids is 2. The van der Waals surface area contributed by atoms with Gasteiger partial charge in [-0.3, -0.25) is 4.79 Å². The van der Waals surface area contributed by atoms with E-state index in [9.17, 15) is 9.59 Å². The number of carbonyl (C=O) groups is 2. The molecular formula is C11H14N2O3S. The largest absolute Gasteiger partial charge is 0.464 e. The minimum atomic E-state index is -0.440. The van der Waals surface area contributed by atoms with Gasteiger partial charge in [-0.1, -0.05) is 0 Å². The number of nitrogens with zero attached hydrogens (tertiary/aromatic N) is 1. The highest BCUT2D eigenvalue weighted by molar-refractivity contribution is 7.09. The molecule has 1 saturated carbocycles. The maximum absolute atomic E-state index is 11.3. The summed E-state index contributed by atoms with van der Waals surface area (Å²) in [5.41, 5.74) is 0.309.